The third-order valence-corrected chi connectivity index (χ3v) is 3.92. The lowest BCUT2D eigenvalue weighted by molar-refractivity contribution is -0.144. The fourth-order valence-electron chi connectivity index (χ4n) is 1.21. The molecule has 1 rings (SSSR count). The molecule has 1 N–H and O–H groups in total. The Hall–Kier alpha value is -0.740. The molecular formula is C11H14Cl2NO4P. The number of ether oxygens (including phenoxy) is 1. The van der Waals surface area contributed by atoms with Crippen molar-refractivity contribution >= 4 is 35.7 Å². The second-order valence-electron chi connectivity index (χ2n) is 3.63. The van der Waals surface area contributed by atoms with Gasteiger partial charge in [0.1, 0.15) is 11.8 Å². The largest absolute Gasteiger partial charge is 0.465 e. The number of nitrogens with one attached hydrogen (secondary N) is 1. The predicted molar refractivity (Wildman–Crippen MR) is 74.8 cm³/mol. The van der Waals surface area contributed by atoms with Crippen LogP contribution in [0.3, 0.4) is 0 Å². The number of hydrogen-bond acceptors (Lipinski definition) is 4. The molecule has 0 saturated heterocycles. The van der Waals surface area contributed by atoms with Gasteiger partial charge in [-0.1, -0.05) is 11.6 Å². The molecule has 0 aliphatic heterocycles. The van der Waals surface area contributed by atoms with Gasteiger partial charge in [0.15, 0.2) is 0 Å². The fraction of sp³-hybridized carbons (Fsp3) is 0.364. The molecule has 8 heteroatoms. The Morgan fingerprint density at radius 3 is 2.53 bits per heavy atom. The van der Waals surface area contributed by atoms with Crippen molar-refractivity contribution in [1.29, 1.82) is 0 Å². The first-order chi connectivity index (χ1) is 8.84. The van der Waals surface area contributed by atoms with Crippen molar-refractivity contribution in [3.8, 4) is 5.75 Å². The van der Waals surface area contributed by atoms with Crippen LogP contribution in [0.15, 0.2) is 24.3 Å². The van der Waals surface area contributed by atoms with Gasteiger partial charge in [0.25, 0.3) is 0 Å². The minimum absolute atomic E-state index is 0.232. The highest BCUT2D eigenvalue weighted by molar-refractivity contribution is 7.84. The molecule has 1 aromatic rings. The van der Waals surface area contributed by atoms with E-state index in [1.807, 2.05) is 0 Å². The van der Waals surface area contributed by atoms with E-state index >= 15 is 0 Å². The van der Waals surface area contributed by atoms with E-state index in [1.165, 1.54) is 19.1 Å². The van der Waals surface area contributed by atoms with Crippen molar-refractivity contribution in [2.24, 2.45) is 0 Å². The van der Waals surface area contributed by atoms with E-state index < -0.39 is 18.9 Å². The molecule has 106 valence electrons. The van der Waals surface area contributed by atoms with Gasteiger partial charge in [0, 0.05) is 16.3 Å². The maximum absolute atomic E-state index is 12.0. The molecule has 0 bridgehead atoms. The highest BCUT2D eigenvalue weighted by Crippen LogP contribution is 2.48. The molecule has 0 heterocycles. The van der Waals surface area contributed by atoms with E-state index in [9.17, 15) is 9.36 Å². The number of halogens is 2. The molecule has 1 aromatic carbocycles. The SMILES string of the molecule is CCOC(=O)[C@H](C)N[P@@](=O)(Cl)Oc1ccc(Cl)cc1. The quantitative estimate of drug-likeness (QED) is 0.639. The summed E-state index contributed by atoms with van der Waals surface area (Å²) in [5.74, 6) is -0.269. The first-order valence-corrected chi connectivity index (χ1v) is 8.44. The zero-order chi connectivity index (χ0) is 14.5. The maximum atomic E-state index is 12.0. The van der Waals surface area contributed by atoms with E-state index in [4.69, 9.17) is 32.1 Å². The number of carbonyl (C=O) groups is 1. The molecule has 0 fully saturated rings. The average molecular weight is 326 g/mol. The van der Waals surface area contributed by atoms with Crippen molar-refractivity contribution in [2.45, 2.75) is 19.9 Å². The molecule has 0 aliphatic rings. The maximum Gasteiger partial charge on any atom is 0.409 e. The van der Waals surface area contributed by atoms with E-state index in [0.717, 1.165) is 0 Å². The molecule has 2 atom stereocenters. The number of carbonyl (C=O) groups excluding carboxylic acids is 1. The summed E-state index contributed by atoms with van der Waals surface area (Å²) < 4.78 is 21.8. The second-order valence-corrected chi connectivity index (χ2v) is 6.80. The summed E-state index contributed by atoms with van der Waals surface area (Å²) in [6, 6.07) is 5.35. The molecule has 0 saturated carbocycles. The van der Waals surface area contributed by atoms with E-state index in [-0.39, 0.29) is 12.4 Å². The van der Waals surface area contributed by atoms with Crippen LogP contribution in [0.5, 0.6) is 5.75 Å². The van der Waals surface area contributed by atoms with Crippen LogP contribution in [0.25, 0.3) is 0 Å². The summed E-state index contributed by atoms with van der Waals surface area (Å²) in [5, 5.41) is 2.91. The van der Waals surface area contributed by atoms with Crippen molar-refractivity contribution < 1.29 is 18.6 Å². The van der Waals surface area contributed by atoms with Gasteiger partial charge in [-0.3, -0.25) is 4.79 Å². The van der Waals surface area contributed by atoms with Crippen molar-refractivity contribution in [2.75, 3.05) is 6.61 Å². The van der Waals surface area contributed by atoms with Gasteiger partial charge in [-0.05, 0) is 38.1 Å². The Morgan fingerprint density at radius 1 is 1.42 bits per heavy atom. The summed E-state index contributed by atoms with van der Waals surface area (Å²) in [6.07, 6.45) is 0. The Balaban J connectivity index is 2.63. The van der Waals surface area contributed by atoms with Gasteiger partial charge in [-0.15, -0.1) is 0 Å². The molecule has 19 heavy (non-hydrogen) atoms. The van der Waals surface area contributed by atoms with E-state index in [1.54, 1.807) is 19.1 Å². The summed E-state index contributed by atoms with van der Waals surface area (Å²) in [6.45, 7) is -0.293. The molecular weight excluding hydrogens is 312 g/mol. The first-order valence-electron chi connectivity index (χ1n) is 5.53. The third kappa shape index (κ3) is 5.83. The molecule has 5 nitrogen and oxygen atoms in total. The van der Waals surface area contributed by atoms with E-state index in [0.29, 0.717) is 5.02 Å². The lowest BCUT2D eigenvalue weighted by Gasteiger charge is -2.17. The average Bonchev–Trinajstić information content (AvgIpc) is 2.31. The Labute approximate surface area is 121 Å². The summed E-state index contributed by atoms with van der Waals surface area (Å²) >= 11 is 11.4. The molecule has 0 spiro atoms. The van der Waals surface area contributed by atoms with Crippen LogP contribution in [0, 0.1) is 0 Å². The highest BCUT2D eigenvalue weighted by atomic mass is 35.7. The van der Waals surface area contributed by atoms with Crippen molar-refractivity contribution in [3.63, 3.8) is 0 Å². The van der Waals surface area contributed by atoms with Crippen LogP contribution in [-0.4, -0.2) is 18.6 Å². The summed E-state index contributed by atoms with van der Waals surface area (Å²) in [5.41, 5.74) is 0. The molecule has 0 radical (unpaired) electrons. The molecule has 0 amide bonds. The van der Waals surface area contributed by atoms with Gasteiger partial charge in [-0.2, -0.15) is 0 Å². The summed E-state index contributed by atoms with van der Waals surface area (Å²) in [4.78, 5) is 11.4. The zero-order valence-corrected chi connectivity index (χ0v) is 12.8. The third-order valence-electron chi connectivity index (χ3n) is 2.02. The van der Waals surface area contributed by atoms with Crippen LogP contribution in [-0.2, 0) is 14.1 Å². The second kappa shape index (κ2) is 7.15. The van der Waals surface area contributed by atoms with Crippen LogP contribution < -0.4 is 9.61 Å². The van der Waals surface area contributed by atoms with Crippen LogP contribution in [0.2, 0.25) is 5.02 Å². The predicted octanol–water partition coefficient (Wildman–Crippen LogP) is 3.61. The van der Waals surface area contributed by atoms with Gasteiger partial charge in [0.2, 0.25) is 0 Å². The fourth-order valence-corrected chi connectivity index (χ4v) is 3.03. The lowest BCUT2D eigenvalue weighted by atomic mass is 10.3. The standard InChI is InChI=1S/C11H14Cl2NO4P/c1-3-17-11(15)8(2)14-19(13,16)18-10-6-4-9(12)5-7-10/h4-8H,3H2,1-2H3,(H,14,16)/t8-,19+/m0/s1. The van der Waals surface area contributed by atoms with Crippen LogP contribution in [0.1, 0.15) is 13.8 Å². The molecule has 0 unspecified atom stereocenters. The van der Waals surface area contributed by atoms with Gasteiger partial charge in [0.05, 0.1) is 6.61 Å². The molecule has 0 aliphatic carbocycles. The van der Waals surface area contributed by atoms with E-state index in [2.05, 4.69) is 5.09 Å². The Morgan fingerprint density at radius 2 is 2.00 bits per heavy atom. The highest BCUT2D eigenvalue weighted by Gasteiger charge is 2.27. The number of rotatable bonds is 6. The smallest absolute Gasteiger partial charge is 0.409 e. The Kier molecular flexibility index (Phi) is 6.14. The minimum atomic E-state index is -3.68. The topological polar surface area (TPSA) is 64.6 Å². The van der Waals surface area contributed by atoms with Crippen molar-refractivity contribution in [1.82, 2.24) is 5.09 Å². The lowest BCUT2D eigenvalue weighted by Crippen LogP contribution is -2.33. The first kappa shape index (κ1) is 16.3. The number of hydrogen-bond donors (Lipinski definition) is 1. The Bertz CT molecular complexity index is 480. The minimum Gasteiger partial charge on any atom is -0.465 e. The van der Waals surface area contributed by atoms with Gasteiger partial charge in [-0.25, -0.2) is 9.65 Å². The zero-order valence-electron chi connectivity index (χ0n) is 10.4. The van der Waals surface area contributed by atoms with Gasteiger partial charge >= 0.3 is 12.8 Å². The van der Waals surface area contributed by atoms with Crippen LogP contribution >= 0.6 is 29.7 Å². The van der Waals surface area contributed by atoms with Gasteiger partial charge < -0.3 is 9.26 Å². The van der Waals surface area contributed by atoms with Crippen molar-refractivity contribution in [3.05, 3.63) is 29.3 Å². The monoisotopic (exact) mass is 325 g/mol. The number of esters is 1. The summed E-state index contributed by atoms with van der Waals surface area (Å²) in [7, 11) is 0. The number of benzene rings is 1. The van der Waals surface area contributed by atoms with Crippen LogP contribution in [0.4, 0.5) is 0 Å². The molecule has 0 aromatic heterocycles. The normalized spacial score (nSPS) is 15.4.